The third-order valence-electron chi connectivity index (χ3n) is 4.62. The van der Waals surface area contributed by atoms with Crippen molar-refractivity contribution in [3.05, 3.63) is 64.2 Å². The van der Waals surface area contributed by atoms with Crippen molar-refractivity contribution in [2.45, 2.75) is 18.9 Å². The van der Waals surface area contributed by atoms with Crippen LogP contribution in [0, 0.1) is 5.92 Å². The fraction of sp³-hybridized carbons (Fsp3) is 0.263. The molecule has 2 aromatic rings. The number of carbonyl (C=O) groups excluding carboxylic acids is 1. The highest BCUT2D eigenvalue weighted by molar-refractivity contribution is 7.80. The molecule has 0 amide bonds. The fourth-order valence-electron chi connectivity index (χ4n) is 3.34. The molecule has 4 N–H and O–H groups in total. The van der Waals surface area contributed by atoms with Crippen molar-refractivity contribution in [2.24, 2.45) is 11.7 Å². The Hall–Kier alpha value is -2.15. The first kappa shape index (κ1) is 18.6. The molecule has 0 aliphatic heterocycles. The molecule has 0 saturated heterocycles. The van der Waals surface area contributed by atoms with Gasteiger partial charge in [0.15, 0.2) is 10.9 Å². The molecule has 0 aromatic heterocycles. The van der Waals surface area contributed by atoms with E-state index in [0.717, 1.165) is 28.9 Å². The average Bonchev–Trinajstić information content (AvgIpc) is 2.64. The highest BCUT2D eigenvalue weighted by Crippen LogP contribution is 2.35. The Morgan fingerprint density at radius 3 is 2.69 bits per heavy atom. The lowest BCUT2D eigenvalue weighted by molar-refractivity contribution is 0.0863. The van der Waals surface area contributed by atoms with Crippen LogP contribution in [0.2, 0.25) is 5.02 Å². The molecule has 0 radical (unpaired) electrons. The molecule has 1 aliphatic rings. The maximum Gasteiger partial charge on any atom is 0.178 e. The van der Waals surface area contributed by atoms with Gasteiger partial charge in [0.2, 0.25) is 0 Å². The van der Waals surface area contributed by atoms with Crippen LogP contribution < -0.4 is 21.3 Å². The lowest BCUT2D eigenvalue weighted by Crippen LogP contribution is -2.47. The van der Waals surface area contributed by atoms with Crippen LogP contribution in [-0.2, 0) is 6.42 Å². The topological polar surface area (TPSA) is 76.4 Å². The number of hydrogen-bond donors (Lipinski definition) is 3. The summed E-state index contributed by atoms with van der Waals surface area (Å²) in [5.41, 5.74) is 14.1. The molecule has 0 spiro atoms. The third kappa shape index (κ3) is 3.98. The number of ketones is 1. The van der Waals surface area contributed by atoms with Crippen molar-refractivity contribution < 1.29 is 9.53 Å². The number of thiocarbonyl (C=S) groups is 1. The average molecular weight is 390 g/mol. The molecule has 0 fully saturated rings. The van der Waals surface area contributed by atoms with Crippen molar-refractivity contribution >= 4 is 34.7 Å². The number of halogens is 1. The summed E-state index contributed by atoms with van der Waals surface area (Å²) in [7, 11) is 1.62. The molecule has 7 heteroatoms. The number of ether oxygens (including phenoxy) is 1. The van der Waals surface area contributed by atoms with Crippen LogP contribution in [-0.4, -0.2) is 18.0 Å². The maximum absolute atomic E-state index is 13.1. The Balaban J connectivity index is 1.91. The van der Waals surface area contributed by atoms with Gasteiger partial charge in [-0.05, 0) is 66.5 Å². The van der Waals surface area contributed by atoms with Gasteiger partial charge >= 0.3 is 0 Å². The van der Waals surface area contributed by atoms with Crippen LogP contribution >= 0.6 is 23.8 Å². The van der Waals surface area contributed by atoms with E-state index in [2.05, 4.69) is 10.9 Å². The number of hydrogen-bond acceptors (Lipinski definition) is 4. The summed E-state index contributed by atoms with van der Waals surface area (Å²) >= 11 is 10.9. The van der Waals surface area contributed by atoms with Crippen molar-refractivity contribution in [1.29, 1.82) is 0 Å². The lowest BCUT2D eigenvalue weighted by atomic mass is 9.77. The number of rotatable bonds is 5. The highest BCUT2D eigenvalue weighted by atomic mass is 35.5. The van der Waals surface area contributed by atoms with Crippen LogP contribution in [0.4, 0.5) is 0 Å². The molecule has 0 bridgehead atoms. The number of carbonyl (C=O) groups is 1. The number of hydrazine groups is 1. The van der Waals surface area contributed by atoms with E-state index in [9.17, 15) is 4.79 Å². The van der Waals surface area contributed by atoms with E-state index in [1.54, 1.807) is 19.2 Å². The van der Waals surface area contributed by atoms with Crippen LogP contribution in [0.1, 0.15) is 33.9 Å². The molecule has 2 unspecified atom stereocenters. The Labute approximate surface area is 162 Å². The molecule has 0 saturated carbocycles. The Morgan fingerprint density at radius 2 is 2.04 bits per heavy atom. The van der Waals surface area contributed by atoms with E-state index in [4.69, 9.17) is 34.3 Å². The van der Waals surface area contributed by atoms with Crippen molar-refractivity contribution in [3.63, 3.8) is 0 Å². The molecular formula is C19H20ClN3O2S. The van der Waals surface area contributed by atoms with Gasteiger partial charge in [0.25, 0.3) is 0 Å². The lowest BCUT2D eigenvalue weighted by Gasteiger charge is -2.31. The summed E-state index contributed by atoms with van der Waals surface area (Å²) in [5.74, 6) is 0.600. The van der Waals surface area contributed by atoms with E-state index in [1.165, 1.54) is 0 Å². The minimum absolute atomic E-state index is 0.0890. The largest absolute Gasteiger partial charge is 0.497 e. The monoisotopic (exact) mass is 389 g/mol. The second kappa shape index (κ2) is 8.03. The normalized spacial score (nSPS) is 17.3. The minimum atomic E-state index is -0.281. The van der Waals surface area contributed by atoms with Gasteiger partial charge in [-0.1, -0.05) is 23.7 Å². The van der Waals surface area contributed by atoms with Gasteiger partial charge in [-0.25, -0.2) is 5.43 Å². The number of fused-ring (bicyclic) bond motifs is 1. The SMILES string of the molecule is COc1ccc2c(c1)CCC(C(NNC(N)=S)c1ccc(Cl)cc1)C2=O. The van der Waals surface area contributed by atoms with E-state index in [0.29, 0.717) is 11.4 Å². The zero-order valence-corrected chi connectivity index (χ0v) is 15.9. The summed E-state index contributed by atoms with van der Waals surface area (Å²) in [6.07, 6.45) is 1.50. The van der Waals surface area contributed by atoms with Gasteiger partial charge in [0.05, 0.1) is 13.2 Å². The predicted octanol–water partition coefficient (Wildman–Crippen LogP) is 3.17. The number of nitrogens with two attached hydrogens (primary N) is 1. The van der Waals surface area contributed by atoms with Gasteiger partial charge in [-0.15, -0.1) is 0 Å². The third-order valence-corrected chi connectivity index (χ3v) is 4.98. The summed E-state index contributed by atoms with van der Waals surface area (Å²) < 4.78 is 5.26. The summed E-state index contributed by atoms with van der Waals surface area (Å²) in [6, 6.07) is 12.7. The van der Waals surface area contributed by atoms with E-state index < -0.39 is 0 Å². The number of benzene rings is 2. The molecule has 5 nitrogen and oxygen atoms in total. The Morgan fingerprint density at radius 1 is 1.31 bits per heavy atom. The van der Waals surface area contributed by atoms with Crippen LogP contribution in [0.25, 0.3) is 0 Å². The van der Waals surface area contributed by atoms with E-state index >= 15 is 0 Å². The second-order valence-electron chi connectivity index (χ2n) is 6.20. The molecule has 26 heavy (non-hydrogen) atoms. The Bertz CT molecular complexity index is 826. The van der Waals surface area contributed by atoms with Gasteiger partial charge in [-0.2, -0.15) is 0 Å². The smallest absolute Gasteiger partial charge is 0.178 e. The molecule has 2 atom stereocenters. The number of aryl methyl sites for hydroxylation is 1. The number of Topliss-reactive ketones (excluding diaryl/α,β-unsaturated/α-hetero) is 1. The molecule has 2 aromatic carbocycles. The fourth-order valence-corrected chi connectivity index (χ4v) is 3.52. The first-order chi connectivity index (χ1) is 12.5. The summed E-state index contributed by atoms with van der Waals surface area (Å²) in [6.45, 7) is 0. The van der Waals surface area contributed by atoms with Crippen LogP contribution in [0.15, 0.2) is 42.5 Å². The predicted molar refractivity (Wildman–Crippen MR) is 106 cm³/mol. The first-order valence-corrected chi connectivity index (χ1v) is 9.06. The molecule has 3 rings (SSSR count). The van der Waals surface area contributed by atoms with Gasteiger partial charge in [0.1, 0.15) is 5.75 Å². The molecule has 136 valence electrons. The number of methoxy groups -OCH3 is 1. The Kier molecular flexibility index (Phi) is 5.76. The van der Waals surface area contributed by atoms with Crippen LogP contribution in [0.5, 0.6) is 5.75 Å². The summed E-state index contributed by atoms with van der Waals surface area (Å²) in [5, 5.41) is 0.763. The number of nitrogens with one attached hydrogen (secondary N) is 2. The molecule has 0 heterocycles. The zero-order chi connectivity index (χ0) is 18.7. The highest BCUT2D eigenvalue weighted by Gasteiger charge is 2.34. The molecule has 1 aliphatic carbocycles. The maximum atomic E-state index is 13.1. The minimum Gasteiger partial charge on any atom is -0.497 e. The van der Waals surface area contributed by atoms with E-state index in [-0.39, 0.29) is 22.9 Å². The van der Waals surface area contributed by atoms with Gasteiger partial charge in [-0.3, -0.25) is 10.2 Å². The first-order valence-electron chi connectivity index (χ1n) is 8.27. The van der Waals surface area contributed by atoms with E-state index in [1.807, 2.05) is 30.3 Å². The van der Waals surface area contributed by atoms with Gasteiger partial charge in [0, 0.05) is 16.5 Å². The van der Waals surface area contributed by atoms with Gasteiger partial charge < -0.3 is 10.5 Å². The standard InChI is InChI=1S/C19H20ClN3O2S/c1-25-14-7-9-15-12(10-14)4-8-16(18(15)24)17(22-23-19(21)26)11-2-5-13(20)6-3-11/h2-3,5-7,9-10,16-17,22H,4,8H2,1H3,(H3,21,23,26). The quantitative estimate of drug-likeness (QED) is 0.538. The van der Waals surface area contributed by atoms with Crippen molar-refractivity contribution in [1.82, 2.24) is 10.9 Å². The van der Waals surface area contributed by atoms with Crippen molar-refractivity contribution in [2.75, 3.05) is 7.11 Å². The van der Waals surface area contributed by atoms with Crippen molar-refractivity contribution in [3.8, 4) is 5.75 Å². The zero-order valence-electron chi connectivity index (χ0n) is 14.3. The van der Waals surface area contributed by atoms with Crippen LogP contribution in [0.3, 0.4) is 0 Å². The second-order valence-corrected chi connectivity index (χ2v) is 7.07. The molecular weight excluding hydrogens is 370 g/mol. The summed E-state index contributed by atoms with van der Waals surface area (Å²) in [4.78, 5) is 13.1.